The normalized spacial score (nSPS) is 19.6. The zero-order valence-electron chi connectivity index (χ0n) is 9.38. The summed E-state index contributed by atoms with van der Waals surface area (Å²) in [5, 5.41) is 4.32. The van der Waals surface area contributed by atoms with Gasteiger partial charge in [-0.3, -0.25) is 4.68 Å². The molecule has 0 unspecified atom stereocenters. The Morgan fingerprint density at radius 2 is 2.20 bits per heavy atom. The molecular weight excluding hydrogens is 208 g/mol. The Bertz CT molecular complexity index is 313. The minimum Gasteiger partial charge on any atom is -0.273 e. The Morgan fingerprint density at radius 3 is 2.73 bits per heavy atom. The number of alkyl halides is 1. The van der Waals surface area contributed by atoms with Crippen molar-refractivity contribution in [1.29, 1.82) is 0 Å². The average molecular weight is 227 g/mol. The topological polar surface area (TPSA) is 17.8 Å². The van der Waals surface area contributed by atoms with Crippen LogP contribution in [0.1, 0.15) is 38.2 Å². The molecule has 1 saturated carbocycles. The molecule has 0 N–H and O–H groups in total. The number of halogens is 1. The SMILES string of the molecule is CCn1cc(CC2(CCl)CCCC2)cn1. The molecule has 3 heteroatoms. The largest absolute Gasteiger partial charge is 0.273 e. The van der Waals surface area contributed by atoms with Crippen molar-refractivity contribution >= 4 is 11.6 Å². The van der Waals surface area contributed by atoms with Crippen LogP contribution in [-0.4, -0.2) is 15.7 Å². The van der Waals surface area contributed by atoms with Gasteiger partial charge in [0, 0.05) is 18.6 Å². The van der Waals surface area contributed by atoms with Crippen LogP contribution in [0.2, 0.25) is 0 Å². The maximum absolute atomic E-state index is 6.13. The van der Waals surface area contributed by atoms with Crippen LogP contribution < -0.4 is 0 Å². The van der Waals surface area contributed by atoms with Gasteiger partial charge in [0.2, 0.25) is 0 Å². The van der Waals surface area contributed by atoms with Crippen molar-refractivity contribution in [1.82, 2.24) is 9.78 Å². The Morgan fingerprint density at radius 1 is 1.47 bits per heavy atom. The molecule has 1 aliphatic carbocycles. The zero-order valence-corrected chi connectivity index (χ0v) is 10.1. The molecule has 0 aromatic carbocycles. The Labute approximate surface area is 96.6 Å². The Kier molecular flexibility index (Phi) is 3.35. The number of nitrogens with zero attached hydrogens (tertiary/aromatic N) is 2. The fourth-order valence-corrected chi connectivity index (χ4v) is 2.95. The molecule has 1 fully saturated rings. The van der Waals surface area contributed by atoms with Crippen LogP contribution in [0.3, 0.4) is 0 Å². The Hall–Kier alpha value is -0.500. The lowest BCUT2D eigenvalue weighted by Crippen LogP contribution is -2.21. The van der Waals surface area contributed by atoms with Crippen molar-refractivity contribution < 1.29 is 0 Å². The summed E-state index contributed by atoms with van der Waals surface area (Å²) in [5.74, 6) is 0.796. The fourth-order valence-electron chi connectivity index (χ4n) is 2.59. The van der Waals surface area contributed by atoms with Gasteiger partial charge in [-0.15, -0.1) is 11.6 Å². The molecule has 2 rings (SSSR count). The number of aryl methyl sites for hydroxylation is 1. The minimum atomic E-state index is 0.364. The van der Waals surface area contributed by atoms with Crippen LogP contribution in [0.25, 0.3) is 0 Å². The second-order valence-corrected chi connectivity index (χ2v) is 4.99. The summed E-state index contributed by atoms with van der Waals surface area (Å²) in [6.45, 7) is 3.07. The van der Waals surface area contributed by atoms with E-state index in [4.69, 9.17) is 11.6 Å². The first-order chi connectivity index (χ1) is 7.28. The van der Waals surface area contributed by atoms with Gasteiger partial charge in [0.1, 0.15) is 0 Å². The van der Waals surface area contributed by atoms with E-state index in [1.807, 2.05) is 10.9 Å². The van der Waals surface area contributed by atoms with E-state index in [1.54, 1.807) is 0 Å². The highest BCUT2D eigenvalue weighted by molar-refractivity contribution is 6.18. The molecule has 15 heavy (non-hydrogen) atoms. The first kappa shape index (κ1) is 11.0. The summed E-state index contributed by atoms with van der Waals surface area (Å²) < 4.78 is 1.99. The van der Waals surface area contributed by atoms with Gasteiger partial charge in [-0.25, -0.2) is 0 Å². The van der Waals surface area contributed by atoms with Crippen molar-refractivity contribution in [3.05, 3.63) is 18.0 Å². The van der Waals surface area contributed by atoms with Crippen LogP contribution in [0.15, 0.2) is 12.4 Å². The smallest absolute Gasteiger partial charge is 0.0521 e. The molecule has 84 valence electrons. The molecule has 1 aromatic rings. The summed E-state index contributed by atoms with van der Waals surface area (Å²) >= 11 is 6.13. The lowest BCUT2D eigenvalue weighted by molar-refractivity contribution is 0.341. The molecule has 1 aliphatic rings. The quantitative estimate of drug-likeness (QED) is 0.721. The van der Waals surface area contributed by atoms with Crippen LogP contribution in [0, 0.1) is 5.41 Å². The van der Waals surface area contributed by atoms with Crippen LogP contribution in [-0.2, 0) is 13.0 Å². The lowest BCUT2D eigenvalue weighted by Gasteiger charge is -2.25. The van der Waals surface area contributed by atoms with Crippen molar-refractivity contribution in [3.63, 3.8) is 0 Å². The van der Waals surface area contributed by atoms with E-state index in [2.05, 4.69) is 18.2 Å². The predicted molar refractivity (Wildman–Crippen MR) is 63.2 cm³/mol. The average Bonchev–Trinajstić information content (AvgIpc) is 2.88. The molecule has 0 radical (unpaired) electrons. The van der Waals surface area contributed by atoms with Crippen molar-refractivity contribution in [2.75, 3.05) is 5.88 Å². The predicted octanol–water partition coefficient (Wildman–Crippen LogP) is 3.24. The van der Waals surface area contributed by atoms with Gasteiger partial charge < -0.3 is 0 Å². The molecule has 0 amide bonds. The lowest BCUT2D eigenvalue weighted by atomic mass is 9.83. The molecule has 0 spiro atoms. The highest BCUT2D eigenvalue weighted by atomic mass is 35.5. The molecule has 1 heterocycles. The minimum absolute atomic E-state index is 0.364. The second kappa shape index (κ2) is 4.56. The van der Waals surface area contributed by atoms with Gasteiger partial charge >= 0.3 is 0 Å². The summed E-state index contributed by atoms with van der Waals surface area (Å²) in [6, 6.07) is 0. The van der Waals surface area contributed by atoms with Gasteiger partial charge in [0.15, 0.2) is 0 Å². The zero-order chi connectivity index (χ0) is 10.7. The van der Waals surface area contributed by atoms with Gasteiger partial charge in [-0.05, 0) is 37.2 Å². The maximum atomic E-state index is 6.13. The third kappa shape index (κ3) is 2.36. The van der Waals surface area contributed by atoms with Crippen molar-refractivity contribution in [2.45, 2.75) is 45.6 Å². The van der Waals surface area contributed by atoms with E-state index in [9.17, 15) is 0 Å². The van der Waals surface area contributed by atoms with E-state index in [-0.39, 0.29) is 0 Å². The summed E-state index contributed by atoms with van der Waals surface area (Å²) in [4.78, 5) is 0. The molecule has 0 bridgehead atoms. The first-order valence-corrected chi connectivity index (χ1v) is 6.39. The van der Waals surface area contributed by atoms with Crippen LogP contribution in [0.4, 0.5) is 0 Å². The maximum Gasteiger partial charge on any atom is 0.0521 e. The van der Waals surface area contributed by atoms with Gasteiger partial charge in [0.25, 0.3) is 0 Å². The van der Waals surface area contributed by atoms with Gasteiger partial charge in [-0.1, -0.05) is 12.8 Å². The van der Waals surface area contributed by atoms with E-state index in [1.165, 1.54) is 31.2 Å². The van der Waals surface area contributed by atoms with Crippen LogP contribution in [0.5, 0.6) is 0 Å². The Balaban J connectivity index is 2.05. The highest BCUT2D eigenvalue weighted by Gasteiger charge is 2.33. The van der Waals surface area contributed by atoms with E-state index in [0.29, 0.717) is 5.41 Å². The van der Waals surface area contributed by atoms with Gasteiger partial charge in [0.05, 0.1) is 6.20 Å². The van der Waals surface area contributed by atoms with Crippen LogP contribution >= 0.6 is 11.6 Å². The van der Waals surface area contributed by atoms with E-state index in [0.717, 1.165) is 18.8 Å². The second-order valence-electron chi connectivity index (χ2n) is 4.72. The summed E-state index contributed by atoms with van der Waals surface area (Å²) in [5.41, 5.74) is 1.71. The number of hydrogen-bond donors (Lipinski definition) is 0. The third-order valence-corrected chi connectivity index (χ3v) is 4.10. The molecule has 0 saturated heterocycles. The number of hydrogen-bond acceptors (Lipinski definition) is 1. The molecule has 2 nitrogen and oxygen atoms in total. The monoisotopic (exact) mass is 226 g/mol. The summed E-state index contributed by atoms with van der Waals surface area (Å²) in [7, 11) is 0. The number of aromatic nitrogens is 2. The summed E-state index contributed by atoms with van der Waals surface area (Å²) in [6.07, 6.45) is 10.5. The molecular formula is C12H19ClN2. The third-order valence-electron chi connectivity index (χ3n) is 3.54. The fraction of sp³-hybridized carbons (Fsp3) is 0.750. The number of rotatable bonds is 4. The standard InChI is InChI=1S/C12H19ClN2/c1-2-15-9-11(8-14-15)7-12(10-13)5-3-4-6-12/h8-9H,2-7,10H2,1H3. The molecule has 0 aliphatic heterocycles. The molecule has 0 atom stereocenters. The highest BCUT2D eigenvalue weighted by Crippen LogP contribution is 2.41. The van der Waals surface area contributed by atoms with Crippen molar-refractivity contribution in [3.8, 4) is 0 Å². The van der Waals surface area contributed by atoms with E-state index >= 15 is 0 Å². The van der Waals surface area contributed by atoms with Gasteiger partial charge in [-0.2, -0.15) is 5.10 Å². The molecule has 1 aromatic heterocycles. The first-order valence-electron chi connectivity index (χ1n) is 5.85. The van der Waals surface area contributed by atoms with Crippen molar-refractivity contribution in [2.24, 2.45) is 5.41 Å². The van der Waals surface area contributed by atoms with E-state index < -0.39 is 0 Å².